The third kappa shape index (κ3) is 8.60. The zero-order valence-corrected chi connectivity index (χ0v) is 60.7. The summed E-state index contributed by atoms with van der Waals surface area (Å²) < 4.78 is 10.2. The lowest BCUT2D eigenvalue weighted by Gasteiger charge is -2.08. The van der Waals surface area contributed by atoms with Crippen LogP contribution in [-0.4, -0.2) is 17.6 Å². The van der Waals surface area contributed by atoms with Crippen molar-refractivity contribution >= 4 is 152 Å². The monoisotopic (exact) mass is 1420 g/mol. The molecule has 0 radical (unpaired) electrons. The van der Waals surface area contributed by atoms with Crippen LogP contribution in [0, 0.1) is 0 Å². The molecule has 4 heteroatoms. The number of aromatic nitrogens is 4. The van der Waals surface area contributed by atoms with Gasteiger partial charge in [-0.1, -0.05) is 303 Å². The highest BCUT2D eigenvalue weighted by molar-refractivity contribution is 6.47. The predicted octanol–water partition coefficient (Wildman–Crippen LogP) is 29.3. The first-order valence-corrected chi connectivity index (χ1v) is 38.9. The fraction of sp³-hybridized carbons (Fsp3) is 0. The summed E-state index contributed by atoms with van der Waals surface area (Å²) in [5, 5.41) is 21.1. The van der Waals surface area contributed by atoms with Gasteiger partial charge in [0.15, 0.2) is 0 Å². The zero-order chi connectivity index (χ0) is 73.0. The minimum atomic E-state index is 1.22. The van der Waals surface area contributed by atoms with Gasteiger partial charge < -0.3 is 17.6 Å². The molecule has 0 amide bonds. The Morgan fingerprint density at radius 3 is 0.536 bits per heavy atom. The maximum absolute atomic E-state index is 2.55. The Hall–Kier alpha value is -14.8. The summed E-state index contributed by atoms with van der Waals surface area (Å²) in [6.45, 7) is 0. The van der Waals surface area contributed by atoms with E-state index in [0.29, 0.717) is 0 Å². The number of nitrogens with zero attached hydrogens (tertiary/aromatic N) is 4. The molecule has 0 fully saturated rings. The summed E-state index contributed by atoms with van der Waals surface area (Å²) in [7, 11) is 0. The molecular formula is C108H64N4. The Morgan fingerprint density at radius 1 is 0.107 bits per heavy atom. The van der Waals surface area contributed by atoms with Crippen molar-refractivity contribution in [1.82, 2.24) is 17.6 Å². The molecule has 0 aliphatic rings. The van der Waals surface area contributed by atoms with Crippen LogP contribution < -0.4 is 0 Å². The summed E-state index contributed by atoms with van der Waals surface area (Å²) in [5.74, 6) is 0. The van der Waals surface area contributed by atoms with E-state index in [1.807, 2.05) is 0 Å². The van der Waals surface area contributed by atoms with Crippen LogP contribution in [0.25, 0.3) is 241 Å². The molecule has 0 saturated heterocycles. The first kappa shape index (κ1) is 61.2. The summed E-state index contributed by atoms with van der Waals surface area (Å²) in [5.41, 5.74) is 34.9. The molecule has 8 aromatic heterocycles. The number of hydrogen-bond acceptors (Lipinski definition) is 0. The molecular weight excluding hydrogens is 1350 g/mol. The van der Waals surface area contributed by atoms with Crippen molar-refractivity contribution in [1.29, 1.82) is 0 Å². The maximum atomic E-state index is 2.55. The molecule has 0 spiro atoms. The Balaban J connectivity index is 0.000000127. The average Bonchev–Trinajstić information content (AvgIpc) is 1.49. The van der Waals surface area contributed by atoms with Crippen LogP contribution in [-0.2, 0) is 0 Å². The Bertz CT molecular complexity index is 7820. The lowest BCUT2D eigenvalue weighted by atomic mass is 9.94. The van der Waals surface area contributed by atoms with Gasteiger partial charge in [0.25, 0.3) is 0 Å². The molecule has 0 N–H and O–H groups in total. The smallest absolute Gasteiger partial charge is 0.0634 e. The first-order chi connectivity index (χ1) is 55.6. The molecule has 0 atom stereocenters. The van der Waals surface area contributed by atoms with Crippen molar-refractivity contribution in [2.24, 2.45) is 0 Å². The van der Waals surface area contributed by atoms with E-state index in [-0.39, 0.29) is 0 Å². The van der Waals surface area contributed by atoms with Crippen molar-refractivity contribution in [3.8, 4) is 89.0 Å². The largest absolute Gasteiger partial charge is 0.308 e. The van der Waals surface area contributed by atoms with Crippen LogP contribution >= 0.6 is 0 Å². The molecule has 26 aromatic rings. The van der Waals surface area contributed by atoms with E-state index >= 15 is 0 Å². The van der Waals surface area contributed by atoms with Gasteiger partial charge in [0.05, 0.1) is 66.2 Å². The van der Waals surface area contributed by atoms with E-state index in [1.165, 1.54) is 241 Å². The molecule has 4 nitrogen and oxygen atoms in total. The van der Waals surface area contributed by atoms with Crippen molar-refractivity contribution in [2.75, 3.05) is 0 Å². The SMILES string of the molecule is c1ccc(-c2ccc(-c3ccc4c(c3)c3c5c6ccccc6n6c7ccc(-c8ccc(-c9ccccc9)cc8)cc7c(c7c8ccccc8n4c73)c56)cc2)cc1.c1ccc(-c2cccc(-c3ccc4c(c3)c3c5c6ccccc6n6c7ccc(-c8cccc(-c9ccccc9)c8)cc7c(c7c8ccccc8n4c73)c56)c2)cc1. The standard InChI is InChI=1S/2C54H32N2/c1-3-13-33(14-4-1)35-17-11-19-37(29-35)39-25-27-47-43(31-39)51-49-41-21-7-10-24-46(41)56-48-28-26-40(38-20-12-18-36(30-38)34-15-5-2-6-16-34)32-44(48)52(54(49)56)50-42-22-8-9-23-45(42)55(47)53(50)51;1-3-11-33(12-4-1)35-19-23-37(24-20-35)39-27-29-47-43(31-39)51-49-41-15-7-10-18-46(41)56-48-30-28-40(38-25-21-36(22-26-38)34-13-5-2-6-14-34)32-44(48)52(54(49)56)50-42-16-8-9-17-45(42)55(47)53(50)51/h2*1-32H. The fourth-order valence-corrected chi connectivity index (χ4v) is 19.9. The highest BCUT2D eigenvalue weighted by Crippen LogP contribution is 2.55. The quantitative estimate of drug-likeness (QED) is 0.144. The Labute approximate surface area is 643 Å². The van der Waals surface area contributed by atoms with Gasteiger partial charge in [-0.3, -0.25) is 0 Å². The van der Waals surface area contributed by atoms with Crippen molar-refractivity contribution in [2.45, 2.75) is 0 Å². The number of benzene rings is 18. The third-order valence-corrected chi connectivity index (χ3v) is 24.7. The molecule has 516 valence electrons. The number of para-hydroxylation sites is 4. The second-order valence-corrected chi connectivity index (χ2v) is 30.5. The van der Waals surface area contributed by atoms with Gasteiger partial charge in [-0.25, -0.2) is 0 Å². The second kappa shape index (κ2) is 23.3. The second-order valence-electron chi connectivity index (χ2n) is 30.5. The molecule has 0 aliphatic heterocycles. The third-order valence-electron chi connectivity index (χ3n) is 24.7. The molecule has 0 bridgehead atoms. The first-order valence-electron chi connectivity index (χ1n) is 38.9. The van der Waals surface area contributed by atoms with Gasteiger partial charge >= 0.3 is 0 Å². The van der Waals surface area contributed by atoms with Gasteiger partial charge in [-0.2, -0.15) is 0 Å². The normalized spacial score (nSPS) is 12.3. The Morgan fingerprint density at radius 2 is 0.268 bits per heavy atom. The number of fused-ring (bicyclic) bond motifs is 28. The molecule has 0 aliphatic carbocycles. The summed E-state index contributed by atoms with van der Waals surface area (Å²) in [4.78, 5) is 0. The van der Waals surface area contributed by atoms with Crippen LogP contribution in [0.15, 0.2) is 388 Å². The van der Waals surface area contributed by atoms with Crippen LogP contribution in [0.1, 0.15) is 0 Å². The van der Waals surface area contributed by atoms with Gasteiger partial charge in [0.1, 0.15) is 0 Å². The highest BCUT2D eigenvalue weighted by atomic mass is 15.0. The van der Waals surface area contributed by atoms with E-state index in [0.717, 1.165) is 0 Å². The minimum Gasteiger partial charge on any atom is -0.308 e. The van der Waals surface area contributed by atoms with Crippen LogP contribution in [0.5, 0.6) is 0 Å². The molecule has 18 aromatic carbocycles. The van der Waals surface area contributed by atoms with E-state index < -0.39 is 0 Å². The predicted molar refractivity (Wildman–Crippen MR) is 475 cm³/mol. The number of hydrogen-bond donors (Lipinski definition) is 0. The fourth-order valence-electron chi connectivity index (χ4n) is 19.9. The van der Waals surface area contributed by atoms with E-state index in [9.17, 15) is 0 Å². The van der Waals surface area contributed by atoms with Gasteiger partial charge in [0, 0.05) is 86.2 Å². The number of rotatable bonds is 8. The molecule has 26 rings (SSSR count). The highest BCUT2D eigenvalue weighted by Gasteiger charge is 2.32. The van der Waals surface area contributed by atoms with E-state index in [1.54, 1.807) is 0 Å². The van der Waals surface area contributed by atoms with Crippen molar-refractivity contribution < 1.29 is 0 Å². The van der Waals surface area contributed by atoms with Crippen LogP contribution in [0.3, 0.4) is 0 Å². The van der Waals surface area contributed by atoms with Crippen LogP contribution in [0.2, 0.25) is 0 Å². The average molecular weight is 1420 g/mol. The van der Waals surface area contributed by atoms with Crippen LogP contribution in [0.4, 0.5) is 0 Å². The maximum Gasteiger partial charge on any atom is 0.0634 e. The lowest BCUT2D eigenvalue weighted by Crippen LogP contribution is -1.83. The molecule has 0 unspecified atom stereocenters. The Kier molecular flexibility index (Phi) is 12.8. The van der Waals surface area contributed by atoms with Gasteiger partial charge in [0.2, 0.25) is 0 Å². The molecule has 0 saturated carbocycles. The van der Waals surface area contributed by atoms with Crippen molar-refractivity contribution in [3.63, 3.8) is 0 Å². The van der Waals surface area contributed by atoms with Gasteiger partial charge in [-0.05, 0) is 174 Å². The molecule has 112 heavy (non-hydrogen) atoms. The lowest BCUT2D eigenvalue weighted by molar-refractivity contribution is 1.37. The van der Waals surface area contributed by atoms with Crippen molar-refractivity contribution in [3.05, 3.63) is 388 Å². The molecule has 8 heterocycles. The zero-order valence-electron chi connectivity index (χ0n) is 60.7. The topological polar surface area (TPSA) is 17.6 Å². The van der Waals surface area contributed by atoms with Gasteiger partial charge in [-0.15, -0.1) is 0 Å². The summed E-state index contributed by atoms with van der Waals surface area (Å²) in [6, 6.07) is 143. The van der Waals surface area contributed by atoms with E-state index in [4.69, 9.17) is 0 Å². The summed E-state index contributed by atoms with van der Waals surface area (Å²) in [6.07, 6.45) is 0. The summed E-state index contributed by atoms with van der Waals surface area (Å²) >= 11 is 0. The van der Waals surface area contributed by atoms with E-state index in [2.05, 4.69) is 406 Å². The minimum absolute atomic E-state index is 1.22.